The zero-order valence-corrected chi connectivity index (χ0v) is 17.3. The molecule has 152 valence electrons. The van der Waals surface area contributed by atoms with Gasteiger partial charge in [0.25, 0.3) is 5.91 Å². The maximum Gasteiger partial charge on any atom is 0.251 e. The second kappa shape index (κ2) is 7.54. The number of fused-ring (bicyclic) bond motifs is 5. The van der Waals surface area contributed by atoms with Crippen molar-refractivity contribution in [2.45, 2.75) is 19.3 Å². The molecule has 4 aromatic rings. The van der Waals surface area contributed by atoms with Gasteiger partial charge >= 0.3 is 0 Å². The lowest BCUT2D eigenvalue weighted by Crippen LogP contribution is -2.31. The van der Waals surface area contributed by atoms with Gasteiger partial charge in [-0.3, -0.25) is 9.89 Å². The van der Waals surface area contributed by atoms with Gasteiger partial charge in [0.1, 0.15) is 0 Å². The summed E-state index contributed by atoms with van der Waals surface area (Å²) in [5, 5.41) is 12.6. The summed E-state index contributed by atoms with van der Waals surface area (Å²) in [5.74, 6) is -0.0394. The molecule has 0 unspecified atom stereocenters. The molecule has 0 radical (unpaired) electrons. The summed E-state index contributed by atoms with van der Waals surface area (Å²) in [6, 6.07) is 11.9. The highest BCUT2D eigenvalue weighted by atomic mass is 16.1. The minimum absolute atomic E-state index is 0.0394. The normalized spacial score (nSPS) is 13.3. The topological polar surface area (TPSA) is 73.9 Å². The van der Waals surface area contributed by atoms with Crippen LogP contribution in [0.2, 0.25) is 0 Å². The molecule has 0 aliphatic heterocycles. The summed E-state index contributed by atoms with van der Waals surface area (Å²) in [6.45, 7) is 1.46. The van der Waals surface area contributed by atoms with Crippen LogP contribution >= 0.6 is 0 Å². The summed E-state index contributed by atoms with van der Waals surface area (Å²) >= 11 is 0. The fraction of sp³-hybridized carbons (Fsp3) is 0.292. The van der Waals surface area contributed by atoms with Crippen LogP contribution in [0.15, 0.2) is 42.6 Å². The molecule has 0 atom stereocenters. The quantitative estimate of drug-likeness (QED) is 0.538. The number of aromatic nitrogens is 3. The van der Waals surface area contributed by atoms with E-state index in [9.17, 15) is 4.79 Å². The molecule has 6 heteroatoms. The Kier molecular flexibility index (Phi) is 4.71. The standard InChI is InChI=1S/C24H25N5O/c1-29(2)13-12-25-24(30)16-8-6-15(7-9-16)23-18-5-3-4-17(18)22-19-14-26-28-20(19)10-11-21(22)27-23/h6-11,14H,3-5,12-13H2,1-2H3,(H,25,30)(H,26,28). The summed E-state index contributed by atoms with van der Waals surface area (Å²) in [7, 11) is 3.99. The predicted molar refractivity (Wildman–Crippen MR) is 120 cm³/mol. The van der Waals surface area contributed by atoms with Crippen LogP contribution in [0.5, 0.6) is 0 Å². The van der Waals surface area contributed by atoms with Gasteiger partial charge in [0.2, 0.25) is 0 Å². The van der Waals surface area contributed by atoms with Crippen molar-refractivity contribution < 1.29 is 4.79 Å². The minimum Gasteiger partial charge on any atom is -0.351 e. The van der Waals surface area contributed by atoms with E-state index in [2.05, 4.69) is 21.6 Å². The van der Waals surface area contributed by atoms with Crippen LogP contribution in [-0.2, 0) is 12.8 Å². The van der Waals surface area contributed by atoms with Gasteiger partial charge in [-0.15, -0.1) is 0 Å². The monoisotopic (exact) mass is 399 g/mol. The Morgan fingerprint density at radius 1 is 1.10 bits per heavy atom. The molecule has 2 aromatic heterocycles. The van der Waals surface area contributed by atoms with Crippen LogP contribution in [0.1, 0.15) is 27.9 Å². The van der Waals surface area contributed by atoms with Gasteiger partial charge < -0.3 is 10.2 Å². The summed E-state index contributed by atoms with van der Waals surface area (Å²) < 4.78 is 0. The molecule has 5 rings (SSSR count). The number of nitrogens with zero attached hydrogens (tertiary/aromatic N) is 3. The van der Waals surface area contributed by atoms with Gasteiger partial charge in [-0.25, -0.2) is 4.98 Å². The number of hydrogen-bond acceptors (Lipinski definition) is 4. The lowest BCUT2D eigenvalue weighted by molar-refractivity contribution is 0.0951. The molecular weight excluding hydrogens is 374 g/mol. The van der Waals surface area contributed by atoms with E-state index in [0.717, 1.165) is 53.5 Å². The first-order chi connectivity index (χ1) is 14.6. The van der Waals surface area contributed by atoms with E-state index in [0.29, 0.717) is 12.1 Å². The Morgan fingerprint density at radius 2 is 1.90 bits per heavy atom. The van der Waals surface area contributed by atoms with Gasteiger partial charge in [0.15, 0.2) is 0 Å². The highest BCUT2D eigenvalue weighted by Gasteiger charge is 2.22. The maximum absolute atomic E-state index is 12.4. The Labute approximate surface area is 175 Å². The Bertz CT molecular complexity index is 1240. The third kappa shape index (κ3) is 3.23. The second-order valence-electron chi connectivity index (χ2n) is 8.20. The van der Waals surface area contributed by atoms with E-state index < -0.39 is 0 Å². The molecule has 0 saturated carbocycles. The molecule has 2 aromatic carbocycles. The number of likely N-dealkylation sites (N-methyl/N-ethyl adjacent to an activating group) is 1. The van der Waals surface area contributed by atoms with Crippen molar-refractivity contribution in [3.05, 3.63) is 59.3 Å². The molecule has 1 aliphatic rings. The molecule has 0 spiro atoms. The van der Waals surface area contributed by atoms with E-state index in [1.54, 1.807) is 0 Å². The largest absolute Gasteiger partial charge is 0.351 e. The number of H-pyrrole nitrogens is 1. The number of nitrogens with one attached hydrogen (secondary N) is 2. The van der Waals surface area contributed by atoms with E-state index in [1.165, 1.54) is 16.5 Å². The lowest BCUT2D eigenvalue weighted by Gasteiger charge is -2.13. The molecule has 30 heavy (non-hydrogen) atoms. The van der Waals surface area contributed by atoms with E-state index in [4.69, 9.17) is 4.98 Å². The second-order valence-corrected chi connectivity index (χ2v) is 8.20. The van der Waals surface area contributed by atoms with Crippen LogP contribution in [0, 0.1) is 0 Å². The van der Waals surface area contributed by atoms with Gasteiger partial charge in [-0.1, -0.05) is 12.1 Å². The SMILES string of the molecule is CN(C)CCNC(=O)c1ccc(-c2nc3ccc4[nH]ncc4c3c3c2CCC3)cc1. The maximum atomic E-state index is 12.4. The zero-order valence-electron chi connectivity index (χ0n) is 17.3. The molecule has 1 aliphatic carbocycles. The van der Waals surface area contributed by atoms with E-state index in [-0.39, 0.29) is 5.91 Å². The van der Waals surface area contributed by atoms with Crippen molar-refractivity contribution in [2.75, 3.05) is 27.2 Å². The lowest BCUT2D eigenvalue weighted by atomic mass is 9.96. The molecule has 0 fully saturated rings. The van der Waals surface area contributed by atoms with Crippen molar-refractivity contribution in [3.8, 4) is 11.3 Å². The number of aromatic amines is 1. The number of pyridine rings is 1. The van der Waals surface area contributed by atoms with Gasteiger partial charge in [0.05, 0.1) is 22.9 Å². The molecular formula is C24H25N5O. The average Bonchev–Trinajstić information content (AvgIpc) is 3.42. The fourth-order valence-corrected chi connectivity index (χ4v) is 4.40. The number of rotatable bonds is 5. The molecule has 0 saturated heterocycles. The summed E-state index contributed by atoms with van der Waals surface area (Å²) in [6.07, 6.45) is 5.15. The van der Waals surface area contributed by atoms with Crippen molar-refractivity contribution in [1.82, 2.24) is 25.4 Å². The van der Waals surface area contributed by atoms with Crippen molar-refractivity contribution in [2.24, 2.45) is 0 Å². The number of carbonyl (C=O) groups is 1. The molecule has 0 bridgehead atoms. The molecule has 2 heterocycles. The van der Waals surface area contributed by atoms with E-state index >= 15 is 0 Å². The van der Waals surface area contributed by atoms with Crippen molar-refractivity contribution in [3.63, 3.8) is 0 Å². The first-order valence-corrected chi connectivity index (χ1v) is 10.4. The smallest absolute Gasteiger partial charge is 0.251 e. The van der Waals surface area contributed by atoms with Crippen LogP contribution in [0.3, 0.4) is 0 Å². The number of amides is 1. The summed E-state index contributed by atoms with van der Waals surface area (Å²) in [4.78, 5) is 19.5. The average molecular weight is 399 g/mol. The van der Waals surface area contributed by atoms with Crippen LogP contribution in [-0.4, -0.2) is 53.2 Å². The zero-order chi connectivity index (χ0) is 20.7. The highest BCUT2D eigenvalue weighted by molar-refractivity contribution is 6.08. The number of hydrogen-bond donors (Lipinski definition) is 2. The summed E-state index contributed by atoms with van der Waals surface area (Å²) in [5.41, 5.74) is 7.56. The predicted octanol–water partition coefficient (Wildman–Crippen LogP) is 3.56. The highest BCUT2D eigenvalue weighted by Crippen LogP contribution is 2.38. The molecule has 6 nitrogen and oxygen atoms in total. The number of benzene rings is 2. The molecule has 1 amide bonds. The van der Waals surface area contributed by atoms with Crippen LogP contribution < -0.4 is 5.32 Å². The Balaban J connectivity index is 1.51. The first kappa shape index (κ1) is 18.8. The fourth-order valence-electron chi connectivity index (χ4n) is 4.40. The minimum atomic E-state index is -0.0394. The van der Waals surface area contributed by atoms with Gasteiger partial charge in [-0.05, 0) is 68.8 Å². The Hall–Kier alpha value is -3.25. The number of carbonyl (C=O) groups excluding carboxylic acids is 1. The van der Waals surface area contributed by atoms with Crippen LogP contribution in [0.4, 0.5) is 0 Å². The van der Waals surface area contributed by atoms with E-state index in [1.807, 2.05) is 55.5 Å². The number of aryl methyl sites for hydroxylation is 1. The Morgan fingerprint density at radius 3 is 2.70 bits per heavy atom. The first-order valence-electron chi connectivity index (χ1n) is 10.4. The third-order valence-electron chi connectivity index (χ3n) is 5.90. The van der Waals surface area contributed by atoms with Crippen molar-refractivity contribution >= 4 is 27.7 Å². The molecule has 2 N–H and O–H groups in total. The van der Waals surface area contributed by atoms with Gasteiger partial charge in [0, 0.05) is 35.0 Å². The van der Waals surface area contributed by atoms with Gasteiger partial charge in [-0.2, -0.15) is 5.10 Å². The van der Waals surface area contributed by atoms with Crippen LogP contribution in [0.25, 0.3) is 33.1 Å². The van der Waals surface area contributed by atoms with Crippen molar-refractivity contribution in [1.29, 1.82) is 0 Å². The third-order valence-corrected chi connectivity index (χ3v) is 5.90.